The highest BCUT2D eigenvalue weighted by molar-refractivity contribution is 7.88. The van der Waals surface area contributed by atoms with Crippen molar-refractivity contribution in [2.45, 2.75) is 38.1 Å². The predicted octanol–water partition coefficient (Wildman–Crippen LogP) is 0.458. The molecule has 0 amide bonds. The quantitative estimate of drug-likeness (QED) is 0.662. The minimum absolute atomic E-state index is 0.495. The Morgan fingerprint density at radius 1 is 1.14 bits per heavy atom. The Labute approximate surface area is 86.5 Å². The summed E-state index contributed by atoms with van der Waals surface area (Å²) in [5.41, 5.74) is 0. The molecule has 0 aromatic carbocycles. The molecule has 5 heteroatoms. The van der Waals surface area contributed by atoms with Crippen LogP contribution in [-0.4, -0.2) is 33.8 Å². The van der Waals surface area contributed by atoms with Gasteiger partial charge in [-0.1, -0.05) is 19.3 Å². The third-order valence-corrected chi connectivity index (χ3v) is 3.26. The molecule has 0 spiro atoms. The lowest BCUT2D eigenvalue weighted by atomic mass is 9.96. The van der Waals surface area contributed by atoms with Crippen LogP contribution in [0.15, 0.2) is 0 Å². The van der Waals surface area contributed by atoms with E-state index < -0.39 is 10.0 Å². The zero-order valence-corrected chi connectivity index (χ0v) is 9.57. The summed E-state index contributed by atoms with van der Waals surface area (Å²) in [6.07, 6.45) is 7.61. The minimum Gasteiger partial charge on any atom is -0.313 e. The van der Waals surface area contributed by atoms with Crippen LogP contribution in [0.1, 0.15) is 32.1 Å². The Balaban J connectivity index is 2.03. The number of nitrogens with one attached hydrogen (secondary N) is 2. The first-order valence-corrected chi connectivity index (χ1v) is 7.15. The maximum atomic E-state index is 10.7. The molecule has 84 valence electrons. The summed E-state index contributed by atoms with van der Waals surface area (Å²) in [5.74, 6) is 0. The van der Waals surface area contributed by atoms with Crippen molar-refractivity contribution in [2.75, 3.05) is 19.3 Å². The van der Waals surface area contributed by atoms with Gasteiger partial charge in [0.2, 0.25) is 10.0 Å². The minimum atomic E-state index is -3.02. The molecule has 0 aliphatic heterocycles. The standard InChI is InChI=1S/C9H20N2O2S/c1-14(12,13)11-8-7-10-9-5-3-2-4-6-9/h9-11H,2-8H2,1H3. The van der Waals surface area contributed by atoms with Gasteiger partial charge in [0.05, 0.1) is 6.26 Å². The van der Waals surface area contributed by atoms with Crippen molar-refractivity contribution in [3.63, 3.8) is 0 Å². The van der Waals surface area contributed by atoms with E-state index in [-0.39, 0.29) is 0 Å². The zero-order valence-electron chi connectivity index (χ0n) is 8.75. The smallest absolute Gasteiger partial charge is 0.208 e. The number of hydrogen-bond donors (Lipinski definition) is 2. The van der Waals surface area contributed by atoms with Gasteiger partial charge in [0.1, 0.15) is 0 Å². The molecule has 0 heterocycles. The normalized spacial score (nSPS) is 19.8. The monoisotopic (exact) mass is 220 g/mol. The highest BCUT2D eigenvalue weighted by Gasteiger charge is 2.11. The summed E-state index contributed by atoms with van der Waals surface area (Å²) < 4.78 is 24.0. The van der Waals surface area contributed by atoms with Crippen LogP contribution in [0, 0.1) is 0 Å². The third-order valence-electron chi connectivity index (χ3n) is 2.53. The molecule has 0 aromatic rings. The molecule has 0 saturated heterocycles. The molecule has 14 heavy (non-hydrogen) atoms. The van der Waals surface area contributed by atoms with Gasteiger partial charge in [0, 0.05) is 19.1 Å². The molecule has 2 N–H and O–H groups in total. The van der Waals surface area contributed by atoms with Crippen LogP contribution in [0.4, 0.5) is 0 Å². The summed E-state index contributed by atoms with van der Waals surface area (Å²) in [4.78, 5) is 0. The van der Waals surface area contributed by atoms with Crippen molar-refractivity contribution >= 4 is 10.0 Å². The predicted molar refractivity (Wildman–Crippen MR) is 57.7 cm³/mol. The second kappa shape index (κ2) is 5.68. The van der Waals surface area contributed by atoms with Gasteiger partial charge in [0.25, 0.3) is 0 Å². The largest absolute Gasteiger partial charge is 0.313 e. The van der Waals surface area contributed by atoms with Gasteiger partial charge in [0.15, 0.2) is 0 Å². The summed E-state index contributed by atoms with van der Waals surface area (Å²) in [7, 11) is -3.02. The second-order valence-electron chi connectivity index (χ2n) is 3.96. The Hall–Kier alpha value is -0.130. The molecule has 1 fully saturated rings. The SMILES string of the molecule is CS(=O)(=O)NCCNC1CCCCC1. The number of sulfonamides is 1. The molecule has 0 atom stereocenters. The number of rotatable bonds is 5. The zero-order chi connectivity index (χ0) is 10.4. The first kappa shape index (κ1) is 11.9. The lowest BCUT2D eigenvalue weighted by molar-refractivity contribution is 0.375. The fourth-order valence-corrected chi connectivity index (χ4v) is 2.29. The first-order valence-electron chi connectivity index (χ1n) is 5.26. The van der Waals surface area contributed by atoms with Crippen molar-refractivity contribution < 1.29 is 8.42 Å². The van der Waals surface area contributed by atoms with Crippen LogP contribution in [0.3, 0.4) is 0 Å². The molecule has 1 saturated carbocycles. The first-order chi connectivity index (χ1) is 6.58. The average Bonchev–Trinajstić information content (AvgIpc) is 2.13. The van der Waals surface area contributed by atoms with Gasteiger partial charge >= 0.3 is 0 Å². The van der Waals surface area contributed by atoms with E-state index in [1.54, 1.807) is 0 Å². The van der Waals surface area contributed by atoms with E-state index in [1.807, 2.05) is 0 Å². The fraction of sp³-hybridized carbons (Fsp3) is 1.00. The molecular formula is C9H20N2O2S. The molecule has 1 rings (SSSR count). The lowest BCUT2D eigenvalue weighted by Crippen LogP contribution is -2.37. The van der Waals surface area contributed by atoms with Crippen molar-refractivity contribution in [2.24, 2.45) is 0 Å². The topological polar surface area (TPSA) is 58.2 Å². The third kappa shape index (κ3) is 5.57. The molecule has 4 nitrogen and oxygen atoms in total. The summed E-state index contributed by atoms with van der Waals surface area (Å²) in [6, 6.07) is 0.602. The molecule has 1 aliphatic carbocycles. The van der Waals surface area contributed by atoms with Gasteiger partial charge in [-0.25, -0.2) is 13.1 Å². The highest BCUT2D eigenvalue weighted by atomic mass is 32.2. The molecule has 1 aliphatic rings. The van der Waals surface area contributed by atoms with Crippen molar-refractivity contribution in [1.29, 1.82) is 0 Å². The van der Waals surface area contributed by atoms with Crippen LogP contribution in [0.25, 0.3) is 0 Å². The van der Waals surface area contributed by atoms with Crippen LogP contribution < -0.4 is 10.0 Å². The van der Waals surface area contributed by atoms with Crippen LogP contribution >= 0.6 is 0 Å². The maximum absolute atomic E-state index is 10.7. The molecular weight excluding hydrogens is 200 g/mol. The van der Waals surface area contributed by atoms with E-state index in [0.717, 1.165) is 6.54 Å². The molecule has 0 bridgehead atoms. The summed E-state index contributed by atoms with van der Waals surface area (Å²) in [5, 5.41) is 3.37. The Kier molecular flexibility index (Phi) is 4.84. The summed E-state index contributed by atoms with van der Waals surface area (Å²) >= 11 is 0. The summed E-state index contributed by atoms with van der Waals surface area (Å²) in [6.45, 7) is 1.23. The van der Waals surface area contributed by atoms with Crippen LogP contribution in [-0.2, 0) is 10.0 Å². The van der Waals surface area contributed by atoms with E-state index in [4.69, 9.17) is 0 Å². The van der Waals surface area contributed by atoms with E-state index in [2.05, 4.69) is 10.0 Å². The van der Waals surface area contributed by atoms with Crippen LogP contribution in [0.5, 0.6) is 0 Å². The molecule has 0 aromatic heterocycles. The van der Waals surface area contributed by atoms with Crippen molar-refractivity contribution in [1.82, 2.24) is 10.0 Å². The van der Waals surface area contributed by atoms with Crippen LogP contribution in [0.2, 0.25) is 0 Å². The van der Waals surface area contributed by atoms with E-state index in [1.165, 1.54) is 38.4 Å². The Morgan fingerprint density at radius 2 is 1.79 bits per heavy atom. The maximum Gasteiger partial charge on any atom is 0.208 e. The van der Waals surface area contributed by atoms with E-state index in [0.29, 0.717) is 12.6 Å². The average molecular weight is 220 g/mol. The molecule has 0 unspecified atom stereocenters. The lowest BCUT2D eigenvalue weighted by Gasteiger charge is -2.22. The van der Waals surface area contributed by atoms with Gasteiger partial charge in [-0.15, -0.1) is 0 Å². The van der Waals surface area contributed by atoms with Crippen molar-refractivity contribution in [3.05, 3.63) is 0 Å². The highest BCUT2D eigenvalue weighted by Crippen LogP contribution is 2.16. The second-order valence-corrected chi connectivity index (χ2v) is 5.79. The van der Waals surface area contributed by atoms with Gasteiger partial charge in [-0.2, -0.15) is 0 Å². The fourth-order valence-electron chi connectivity index (χ4n) is 1.82. The van der Waals surface area contributed by atoms with Gasteiger partial charge < -0.3 is 5.32 Å². The number of hydrogen-bond acceptors (Lipinski definition) is 3. The van der Waals surface area contributed by atoms with Gasteiger partial charge in [-0.05, 0) is 12.8 Å². The molecule has 0 radical (unpaired) electrons. The van der Waals surface area contributed by atoms with E-state index >= 15 is 0 Å². The Morgan fingerprint density at radius 3 is 2.36 bits per heavy atom. The van der Waals surface area contributed by atoms with Gasteiger partial charge in [-0.3, -0.25) is 0 Å². The Bertz CT molecular complexity index is 246. The van der Waals surface area contributed by atoms with E-state index in [9.17, 15) is 8.42 Å². The van der Waals surface area contributed by atoms with Crippen molar-refractivity contribution in [3.8, 4) is 0 Å².